The third-order valence-corrected chi connectivity index (χ3v) is 5.67. The number of fused-ring (bicyclic) bond motifs is 1. The Kier molecular flexibility index (Phi) is 5.60. The SMILES string of the molecule is COC(=O)c1cc(OC)c(OC)cc1NS(=O)(=O)c1cccc2cc(C)cnc12. The molecule has 0 aliphatic heterocycles. The fourth-order valence-electron chi connectivity index (χ4n) is 2.90. The molecule has 0 unspecified atom stereocenters. The number of hydrogen-bond acceptors (Lipinski definition) is 7. The Labute approximate surface area is 168 Å². The second-order valence-electron chi connectivity index (χ2n) is 6.19. The van der Waals surface area contributed by atoms with Crippen molar-refractivity contribution in [3.8, 4) is 11.5 Å². The van der Waals surface area contributed by atoms with Crippen LogP contribution in [0.15, 0.2) is 47.5 Å². The molecule has 8 nitrogen and oxygen atoms in total. The summed E-state index contributed by atoms with van der Waals surface area (Å²) in [6, 6.07) is 9.43. The maximum absolute atomic E-state index is 13.1. The van der Waals surface area contributed by atoms with E-state index >= 15 is 0 Å². The zero-order chi connectivity index (χ0) is 21.2. The van der Waals surface area contributed by atoms with Gasteiger partial charge in [0.1, 0.15) is 4.90 Å². The minimum atomic E-state index is -4.08. The van der Waals surface area contributed by atoms with Gasteiger partial charge in [0.25, 0.3) is 10.0 Å². The van der Waals surface area contributed by atoms with Crippen molar-refractivity contribution in [1.82, 2.24) is 4.98 Å². The van der Waals surface area contributed by atoms with Crippen molar-refractivity contribution < 1.29 is 27.4 Å². The van der Waals surface area contributed by atoms with Gasteiger partial charge in [-0.25, -0.2) is 13.2 Å². The first-order valence-corrected chi connectivity index (χ1v) is 10.0. The number of anilines is 1. The lowest BCUT2D eigenvalue weighted by Gasteiger charge is -2.16. The summed E-state index contributed by atoms with van der Waals surface area (Å²) >= 11 is 0. The highest BCUT2D eigenvalue weighted by atomic mass is 32.2. The number of aromatic nitrogens is 1. The van der Waals surface area contributed by atoms with Crippen molar-refractivity contribution in [3.63, 3.8) is 0 Å². The predicted octanol–water partition coefficient (Wildman–Crippen LogP) is 3.15. The Morgan fingerprint density at radius 3 is 2.38 bits per heavy atom. The van der Waals surface area contributed by atoms with Gasteiger partial charge in [-0.2, -0.15) is 0 Å². The lowest BCUT2D eigenvalue weighted by molar-refractivity contribution is 0.0601. The van der Waals surface area contributed by atoms with Gasteiger partial charge in [0.15, 0.2) is 11.5 Å². The van der Waals surface area contributed by atoms with Gasteiger partial charge in [0.2, 0.25) is 0 Å². The van der Waals surface area contributed by atoms with E-state index in [1.807, 2.05) is 13.0 Å². The summed E-state index contributed by atoms with van der Waals surface area (Å²) in [5, 5.41) is 0.688. The fraction of sp³-hybridized carbons (Fsp3) is 0.200. The maximum atomic E-state index is 13.1. The molecule has 0 amide bonds. The zero-order valence-electron chi connectivity index (χ0n) is 16.3. The van der Waals surface area contributed by atoms with Gasteiger partial charge in [-0.1, -0.05) is 12.1 Å². The van der Waals surface area contributed by atoms with E-state index in [0.717, 1.165) is 5.56 Å². The van der Waals surface area contributed by atoms with Gasteiger partial charge in [0, 0.05) is 23.7 Å². The molecular weight excluding hydrogens is 396 g/mol. The van der Waals surface area contributed by atoms with E-state index in [1.165, 1.54) is 39.5 Å². The highest BCUT2D eigenvalue weighted by Gasteiger charge is 2.24. The molecule has 0 saturated heterocycles. The molecule has 9 heteroatoms. The molecule has 0 radical (unpaired) electrons. The minimum absolute atomic E-state index is 0.00128. The van der Waals surface area contributed by atoms with Crippen LogP contribution in [0.3, 0.4) is 0 Å². The van der Waals surface area contributed by atoms with Gasteiger partial charge in [-0.05, 0) is 24.6 Å². The summed E-state index contributed by atoms with van der Waals surface area (Å²) in [7, 11) is -0.0587. The molecule has 3 rings (SSSR count). The lowest BCUT2D eigenvalue weighted by Crippen LogP contribution is -2.17. The summed E-state index contributed by atoms with van der Waals surface area (Å²) in [6.07, 6.45) is 1.59. The second kappa shape index (κ2) is 7.96. The number of para-hydroxylation sites is 1. The largest absolute Gasteiger partial charge is 0.493 e. The Morgan fingerprint density at radius 2 is 1.72 bits per heavy atom. The summed E-state index contributed by atoms with van der Waals surface area (Å²) in [6.45, 7) is 1.87. The summed E-state index contributed by atoms with van der Waals surface area (Å²) in [4.78, 5) is 16.5. The molecular formula is C20H20N2O6S. The quantitative estimate of drug-likeness (QED) is 0.616. The van der Waals surface area contributed by atoms with Crippen molar-refractivity contribution in [2.75, 3.05) is 26.1 Å². The number of methoxy groups -OCH3 is 3. The first-order valence-electron chi connectivity index (χ1n) is 8.53. The topological polar surface area (TPSA) is 104 Å². The third kappa shape index (κ3) is 3.95. The number of carbonyl (C=O) groups excluding carboxylic acids is 1. The molecule has 0 aliphatic rings. The lowest BCUT2D eigenvalue weighted by atomic mass is 10.1. The van der Waals surface area contributed by atoms with Gasteiger partial charge in [0.05, 0.1) is 38.1 Å². The van der Waals surface area contributed by atoms with Crippen LogP contribution in [0.1, 0.15) is 15.9 Å². The van der Waals surface area contributed by atoms with Crippen molar-refractivity contribution in [1.29, 1.82) is 0 Å². The highest BCUT2D eigenvalue weighted by molar-refractivity contribution is 7.93. The number of nitrogens with zero attached hydrogens (tertiary/aromatic N) is 1. The van der Waals surface area contributed by atoms with E-state index in [9.17, 15) is 13.2 Å². The molecule has 0 saturated carbocycles. The monoisotopic (exact) mass is 416 g/mol. The molecule has 1 heterocycles. The van der Waals surface area contributed by atoms with E-state index < -0.39 is 16.0 Å². The zero-order valence-corrected chi connectivity index (χ0v) is 17.2. The van der Waals surface area contributed by atoms with Crippen LogP contribution in [0.5, 0.6) is 11.5 Å². The van der Waals surface area contributed by atoms with Crippen molar-refractivity contribution in [3.05, 3.63) is 53.7 Å². The number of pyridine rings is 1. The molecule has 29 heavy (non-hydrogen) atoms. The van der Waals surface area contributed by atoms with Gasteiger partial charge in [-0.15, -0.1) is 0 Å². The number of aryl methyl sites for hydroxylation is 1. The number of nitrogens with one attached hydrogen (secondary N) is 1. The summed E-state index contributed by atoms with van der Waals surface area (Å²) in [5.74, 6) is -0.210. The molecule has 0 fully saturated rings. The average Bonchev–Trinajstić information content (AvgIpc) is 2.71. The van der Waals surface area contributed by atoms with Crippen LogP contribution in [0.4, 0.5) is 5.69 Å². The number of carbonyl (C=O) groups is 1. The van der Waals surface area contributed by atoms with Crippen LogP contribution in [-0.4, -0.2) is 40.7 Å². The van der Waals surface area contributed by atoms with Crippen LogP contribution in [-0.2, 0) is 14.8 Å². The van der Waals surface area contributed by atoms with Crippen LogP contribution >= 0.6 is 0 Å². The second-order valence-corrected chi connectivity index (χ2v) is 7.84. The highest BCUT2D eigenvalue weighted by Crippen LogP contribution is 2.35. The first-order chi connectivity index (χ1) is 13.8. The number of ether oxygens (including phenoxy) is 3. The smallest absolute Gasteiger partial charge is 0.340 e. The molecule has 0 aliphatic carbocycles. The molecule has 152 valence electrons. The molecule has 0 atom stereocenters. The Morgan fingerprint density at radius 1 is 1.03 bits per heavy atom. The van der Waals surface area contributed by atoms with Crippen LogP contribution in [0, 0.1) is 6.92 Å². The first kappa shape index (κ1) is 20.4. The third-order valence-electron chi connectivity index (χ3n) is 4.27. The average molecular weight is 416 g/mol. The van der Waals surface area contributed by atoms with Gasteiger partial charge in [-0.3, -0.25) is 9.71 Å². The molecule has 0 bridgehead atoms. The molecule has 2 aromatic carbocycles. The Hall–Kier alpha value is -3.33. The molecule has 0 spiro atoms. The number of benzene rings is 2. The van der Waals surface area contributed by atoms with Crippen molar-refractivity contribution >= 4 is 32.6 Å². The Balaban J connectivity index is 2.15. The molecule has 1 N–H and O–H groups in total. The summed E-state index contributed by atoms with van der Waals surface area (Å²) in [5.41, 5.74) is 1.22. The number of sulfonamides is 1. The van der Waals surface area contributed by atoms with E-state index in [0.29, 0.717) is 10.9 Å². The van der Waals surface area contributed by atoms with E-state index in [-0.39, 0.29) is 27.6 Å². The normalized spacial score (nSPS) is 11.2. The standard InChI is InChI=1S/C20H20N2O6S/c1-12-8-13-6-5-7-18(19(13)21-11-12)29(24,25)22-15-10-17(27-3)16(26-2)9-14(15)20(23)28-4/h5-11,22H,1-4H3. The van der Waals surface area contributed by atoms with Crippen LogP contribution < -0.4 is 14.2 Å². The predicted molar refractivity (Wildman–Crippen MR) is 108 cm³/mol. The number of rotatable bonds is 6. The van der Waals surface area contributed by atoms with Crippen molar-refractivity contribution in [2.45, 2.75) is 11.8 Å². The van der Waals surface area contributed by atoms with Crippen molar-refractivity contribution in [2.24, 2.45) is 0 Å². The van der Waals surface area contributed by atoms with E-state index in [1.54, 1.807) is 18.3 Å². The van der Waals surface area contributed by atoms with Gasteiger partial charge < -0.3 is 14.2 Å². The Bertz CT molecular complexity index is 1190. The number of hydrogen-bond donors (Lipinski definition) is 1. The van der Waals surface area contributed by atoms with E-state index in [2.05, 4.69) is 9.71 Å². The summed E-state index contributed by atoms with van der Waals surface area (Å²) < 4.78 is 43.9. The van der Waals surface area contributed by atoms with E-state index in [4.69, 9.17) is 14.2 Å². The molecule has 3 aromatic rings. The van der Waals surface area contributed by atoms with Crippen LogP contribution in [0.2, 0.25) is 0 Å². The fourth-order valence-corrected chi connectivity index (χ4v) is 4.15. The van der Waals surface area contributed by atoms with Crippen LogP contribution in [0.25, 0.3) is 10.9 Å². The van der Waals surface area contributed by atoms with Gasteiger partial charge >= 0.3 is 5.97 Å². The minimum Gasteiger partial charge on any atom is -0.493 e. The number of esters is 1. The molecule has 1 aromatic heterocycles. The maximum Gasteiger partial charge on any atom is 0.340 e.